The molecular formula is C21H15NO4S. The largest absolute Gasteiger partial charge is 0.497 e. The second-order valence-electron chi connectivity index (χ2n) is 5.77. The van der Waals surface area contributed by atoms with Crippen molar-refractivity contribution in [2.24, 2.45) is 0 Å². The molecule has 0 spiro atoms. The molecular weight excluding hydrogens is 362 g/mol. The fourth-order valence-electron chi connectivity index (χ4n) is 2.76. The van der Waals surface area contributed by atoms with Gasteiger partial charge in [0.25, 0.3) is 5.91 Å². The molecule has 1 aliphatic heterocycles. The molecule has 4 rings (SSSR count). The zero-order chi connectivity index (χ0) is 18.8. The number of furan rings is 1. The number of fused-ring (bicyclic) bond motifs is 1. The van der Waals surface area contributed by atoms with Crippen LogP contribution in [0, 0.1) is 0 Å². The summed E-state index contributed by atoms with van der Waals surface area (Å²) in [4.78, 5) is 28.4. The van der Waals surface area contributed by atoms with E-state index in [9.17, 15) is 9.59 Å². The van der Waals surface area contributed by atoms with Crippen LogP contribution in [0.5, 0.6) is 5.75 Å². The Bertz CT molecular complexity index is 1020. The maximum Gasteiger partial charge on any atom is 0.298 e. The number of allylic oxidation sites excluding steroid dienone is 1. The predicted octanol–water partition coefficient (Wildman–Crippen LogP) is 4.77. The topological polar surface area (TPSA) is 59.8 Å². The maximum atomic E-state index is 13.0. The zero-order valence-corrected chi connectivity index (χ0v) is 15.2. The molecule has 6 heteroatoms. The fourth-order valence-corrected chi connectivity index (χ4v) is 3.77. The van der Waals surface area contributed by atoms with Gasteiger partial charge in [0, 0.05) is 22.3 Å². The van der Waals surface area contributed by atoms with E-state index in [1.165, 1.54) is 22.9 Å². The standard InChI is InChI=1S/C21H15NO4S/c1-25-15-10-8-14(9-11-15)22(21(24)17-6-4-12-26-17)13-19-20(23)16-5-2-3-7-18(16)27-19/h2-13H,1H3/b19-13-. The molecule has 0 fully saturated rings. The van der Waals surface area contributed by atoms with Crippen LogP contribution in [0.4, 0.5) is 5.69 Å². The van der Waals surface area contributed by atoms with Crippen LogP contribution in [-0.4, -0.2) is 18.8 Å². The SMILES string of the molecule is COc1ccc(N(/C=C2\Sc3ccccc3C2=O)C(=O)c2ccco2)cc1. The molecule has 0 bridgehead atoms. The summed E-state index contributed by atoms with van der Waals surface area (Å²) in [6.07, 6.45) is 3.01. The van der Waals surface area contributed by atoms with E-state index in [4.69, 9.17) is 9.15 Å². The number of thioether (sulfide) groups is 1. The number of anilines is 1. The van der Waals surface area contributed by atoms with Crippen molar-refractivity contribution in [2.75, 3.05) is 12.0 Å². The molecule has 3 aromatic rings. The Labute approximate surface area is 160 Å². The second-order valence-corrected chi connectivity index (χ2v) is 6.85. The smallest absolute Gasteiger partial charge is 0.298 e. The van der Waals surface area contributed by atoms with Gasteiger partial charge in [0.2, 0.25) is 5.78 Å². The number of carbonyl (C=O) groups excluding carboxylic acids is 2. The summed E-state index contributed by atoms with van der Waals surface area (Å²) < 4.78 is 10.4. The first-order valence-corrected chi connectivity index (χ1v) is 9.03. The van der Waals surface area contributed by atoms with Crippen LogP contribution < -0.4 is 9.64 Å². The Hall–Kier alpha value is -3.25. The summed E-state index contributed by atoms with van der Waals surface area (Å²) in [6, 6.07) is 17.7. The highest BCUT2D eigenvalue weighted by atomic mass is 32.2. The number of carbonyl (C=O) groups is 2. The number of rotatable bonds is 4. The van der Waals surface area contributed by atoms with Gasteiger partial charge in [-0.25, -0.2) is 0 Å². The first-order valence-electron chi connectivity index (χ1n) is 8.22. The third kappa shape index (κ3) is 3.27. The van der Waals surface area contributed by atoms with Gasteiger partial charge in [-0.2, -0.15) is 0 Å². The Morgan fingerprint density at radius 1 is 1.07 bits per heavy atom. The Balaban J connectivity index is 1.74. The lowest BCUT2D eigenvalue weighted by Crippen LogP contribution is -2.25. The van der Waals surface area contributed by atoms with E-state index < -0.39 is 0 Å². The molecule has 27 heavy (non-hydrogen) atoms. The molecule has 1 amide bonds. The summed E-state index contributed by atoms with van der Waals surface area (Å²) in [5.41, 5.74) is 1.25. The normalized spacial score (nSPS) is 14.3. The minimum absolute atomic E-state index is 0.0960. The number of ketones is 1. The van der Waals surface area contributed by atoms with E-state index in [0.717, 1.165) is 4.90 Å². The van der Waals surface area contributed by atoms with Gasteiger partial charge in [0.05, 0.1) is 18.3 Å². The Kier molecular flexibility index (Phi) is 4.56. The lowest BCUT2D eigenvalue weighted by atomic mass is 10.1. The molecule has 0 radical (unpaired) electrons. The molecule has 0 saturated heterocycles. The van der Waals surface area contributed by atoms with Crippen molar-refractivity contribution in [2.45, 2.75) is 4.90 Å². The first-order chi connectivity index (χ1) is 13.2. The lowest BCUT2D eigenvalue weighted by Gasteiger charge is -2.18. The van der Waals surface area contributed by atoms with E-state index in [2.05, 4.69) is 0 Å². The van der Waals surface area contributed by atoms with E-state index in [0.29, 0.717) is 21.9 Å². The highest BCUT2D eigenvalue weighted by molar-refractivity contribution is 8.04. The number of benzene rings is 2. The maximum absolute atomic E-state index is 13.0. The number of methoxy groups -OCH3 is 1. The van der Waals surface area contributed by atoms with Gasteiger partial charge in [-0.1, -0.05) is 23.9 Å². The molecule has 134 valence electrons. The van der Waals surface area contributed by atoms with Crippen molar-refractivity contribution in [3.8, 4) is 5.75 Å². The van der Waals surface area contributed by atoms with Crippen molar-refractivity contribution in [3.63, 3.8) is 0 Å². The molecule has 0 saturated carbocycles. The van der Waals surface area contributed by atoms with Crippen LogP contribution in [0.15, 0.2) is 87.3 Å². The third-order valence-corrected chi connectivity index (χ3v) is 5.21. The number of ether oxygens (including phenoxy) is 1. The van der Waals surface area contributed by atoms with E-state index in [-0.39, 0.29) is 17.5 Å². The minimum atomic E-state index is -0.359. The number of hydrogen-bond acceptors (Lipinski definition) is 5. The predicted molar refractivity (Wildman–Crippen MR) is 103 cm³/mol. The molecule has 2 heterocycles. The number of hydrogen-bond donors (Lipinski definition) is 0. The molecule has 0 unspecified atom stereocenters. The highest BCUT2D eigenvalue weighted by Gasteiger charge is 2.28. The van der Waals surface area contributed by atoms with Crippen molar-refractivity contribution in [1.82, 2.24) is 0 Å². The van der Waals surface area contributed by atoms with Crippen molar-refractivity contribution >= 4 is 29.1 Å². The number of Topliss-reactive ketones (excluding diaryl/α,β-unsaturated/α-hetero) is 1. The van der Waals surface area contributed by atoms with Crippen LogP contribution >= 0.6 is 11.8 Å². The number of amides is 1. The van der Waals surface area contributed by atoms with Crippen LogP contribution in [0.25, 0.3) is 0 Å². The molecule has 5 nitrogen and oxygen atoms in total. The molecule has 2 aromatic carbocycles. The van der Waals surface area contributed by atoms with Crippen molar-refractivity contribution < 1.29 is 18.7 Å². The monoisotopic (exact) mass is 377 g/mol. The average Bonchev–Trinajstić information content (AvgIpc) is 3.35. The van der Waals surface area contributed by atoms with Gasteiger partial charge >= 0.3 is 0 Å². The summed E-state index contributed by atoms with van der Waals surface area (Å²) in [5, 5.41) is 0. The third-order valence-electron chi connectivity index (χ3n) is 4.12. The van der Waals surface area contributed by atoms with Gasteiger partial charge in [-0.05, 0) is 48.5 Å². The van der Waals surface area contributed by atoms with Gasteiger partial charge in [0.1, 0.15) is 5.75 Å². The summed E-state index contributed by atoms with van der Waals surface area (Å²) in [5.74, 6) is 0.412. The van der Waals surface area contributed by atoms with E-state index in [1.54, 1.807) is 55.8 Å². The molecule has 1 aliphatic rings. The molecule has 0 aliphatic carbocycles. The van der Waals surface area contributed by atoms with E-state index in [1.807, 2.05) is 18.2 Å². The quantitative estimate of drug-likeness (QED) is 0.613. The lowest BCUT2D eigenvalue weighted by molar-refractivity contribution is 0.0971. The minimum Gasteiger partial charge on any atom is -0.497 e. The summed E-state index contributed by atoms with van der Waals surface area (Å²) in [6.45, 7) is 0. The van der Waals surface area contributed by atoms with Crippen LogP contribution in [-0.2, 0) is 0 Å². The van der Waals surface area contributed by atoms with E-state index >= 15 is 0 Å². The molecule has 0 N–H and O–H groups in total. The average molecular weight is 377 g/mol. The van der Waals surface area contributed by atoms with Gasteiger partial charge in [0.15, 0.2) is 5.76 Å². The van der Waals surface area contributed by atoms with Crippen molar-refractivity contribution in [1.29, 1.82) is 0 Å². The van der Waals surface area contributed by atoms with Gasteiger partial charge < -0.3 is 9.15 Å². The Morgan fingerprint density at radius 2 is 1.85 bits per heavy atom. The van der Waals surface area contributed by atoms with Crippen LogP contribution in [0.2, 0.25) is 0 Å². The Morgan fingerprint density at radius 3 is 2.52 bits per heavy atom. The number of nitrogens with zero attached hydrogens (tertiary/aromatic N) is 1. The van der Waals surface area contributed by atoms with Crippen LogP contribution in [0.3, 0.4) is 0 Å². The molecule has 0 atom stereocenters. The summed E-state index contributed by atoms with van der Waals surface area (Å²) in [7, 11) is 1.58. The fraction of sp³-hybridized carbons (Fsp3) is 0.0476. The van der Waals surface area contributed by atoms with Crippen LogP contribution in [0.1, 0.15) is 20.9 Å². The van der Waals surface area contributed by atoms with Gasteiger partial charge in [-0.3, -0.25) is 14.5 Å². The molecule has 1 aromatic heterocycles. The second kappa shape index (κ2) is 7.17. The van der Waals surface area contributed by atoms with Gasteiger partial charge in [-0.15, -0.1) is 0 Å². The summed E-state index contributed by atoms with van der Waals surface area (Å²) >= 11 is 1.35. The highest BCUT2D eigenvalue weighted by Crippen LogP contribution is 2.40. The zero-order valence-electron chi connectivity index (χ0n) is 14.4. The van der Waals surface area contributed by atoms with Crippen molar-refractivity contribution in [3.05, 3.63) is 89.4 Å². The first kappa shape index (κ1) is 17.2.